The maximum absolute atomic E-state index is 12.1. The van der Waals surface area contributed by atoms with E-state index >= 15 is 0 Å². The molecule has 0 saturated heterocycles. The second-order valence-corrected chi connectivity index (χ2v) is 4.33. The molecule has 0 spiro atoms. The van der Waals surface area contributed by atoms with Crippen molar-refractivity contribution in [1.29, 1.82) is 0 Å². The molecule has 0 aromatic carbocycles. The van der Waals surface area contributed by atoms with Crippen LogP contribution < -0.4 is 5.32 Å². The number of carbonyl (C=O) groups is 1. The first-order valence-electron chi connectivity index (χ1n) is 6.36. The van der Waals surface area contributed by atoms with Crippen LogP contribution in [0.4, 0.5) is 0 Å². The number of nitrogens with zero attached hydrogens (tertiary/aromatic N) is 5. The fourth-order valence-electron chi connectivity index (χ4n) is 1.94. The lowest BCUT2D eigenvalue weighted by molar-refractivity contribution is 0.0952. The average Bonchev–Trinajstić information content (AvgIpc) is 3.11. The minimum atomic E-state index is -0.192. The summed E-state index contributed by atoms with van der Waals surface area (Å²) in [7, 11) is 0. The van der Waals surface area contributed by atoms with Crippen LogP contribution in [0.3, 0.4) is 0 Å². The van der Waals surface area contributed by atoms with Gasteiger partial charge in [-0.15, -0.1) is 0 Å². The van der Waals surface area contributed by atoms with Crippen LogP contribution in [0.1, 0.15) is 22.8 Å². The number of aromatic nitrogens is 5. The predicted molar refractivity (Wildman–Crippen MR) is 72.1 cm³/mol. The van der Waals surface area contributed by atoms with E-state index in [1.54, 1.807) is 29.2 Å². The molecule has 7 nitrogen and oxygen atoms in total. The number of rotatable bonds is 4. The molecule has 1 amide bonds. The molecular formula is C13H14N6O. The van der Waals surface area contributed by atoms with Gasteiger partial charge in [-0.2, -0.15) is 10.2 Å². The molecule has 0 unspecified atom stereocenters. The van der Waals surface area contributed by atoms with Gasteiger partial charge in [0.05, 0.1) is 12.4 Å². The molecule has 0 atom stereocenters. The molecule has 0 aliphatic heterocycles. The Morgan fingerprint density at radius 1 is 1.35 bits per heavy atom. The highest BCUT2D eigenvalue weighted by atomic mass is 16.1. The SMILES string of the molecule is CCn1cc(CNC(=O)c2cnn3cccnc23)cn1. The van der Waals surface area contributed by atoms with Gasteiger partial charge in [-0.1, -0.05) is 0 Å². The first-order valence-corrected chi connectivity index (χ1v) is 6.36. The molecule has 0 aliphatic rings. The lowest BCUT2D eigenvalue weighted by Crippen LogP contribution is -2.22. The predicted octanol–water partition coefficient (Wildman–Crippen LogP) is 0.876. The zero-order valence-corrected chi connectivity index (χ0v) is 11.0. The van der Waals surface area contributed by atoms with Crippen molar-refractivity contribution in [3.05, 3.63) is 48.2 Å². The topological polar surface area (TPSA) is 77.1 Å². The van der Waals surface area contributed by atoms with E-state index in [9.17, 15) is 4.79 Å². The van der Waals surface area contributed by atoms with E-state index in [-0.39, 0.29) is 5.91 Å². The highest BCUT2D eigenvalue weighted by Gasteiger charge is 2.13. The highest BCUT2D eigenvalue weighted by Crippen LogP contribution is 2.07. The Labute approximate surface area is 115 Å². The molecule has 3 heterocycles. The summed E-state index contributed by atoms with van der Waals surface area (Å²) >= 11 is 0. The molecule has 0 radical (unpaired) electrons. The summed E-state index contributed by atoms with van der Waals surface area (Å²) in [6, 6.07) is 1.76. The molecule has 1 N–H and O–H groups in total. The van der Waals surface area contributed by atoms with E-state index in [4.69, 9.17) is 0 Å². The molecule has 102 valence electrons. The quantitative estimate of drug-likeness (QED) is 0.763. The molecule has 20 heavy (non-hydrogen) atoms. The van der Waals surface area contributed by atoms with E-state index in [2.05, 4.69) is 20.5 Å². The van der Waals surface area contributed by atoms with Gasteiger partial charge in [-0.3, -0.25) is 9.48 Å². The molecule has 7 heteroatoms. The van der Waals surface area contributed by atoms with Gasteiger partial charge in [0, 0.05) is 37.2 Å². The summed E-state index contributed by atoms with van der Waals surface area (Å²) in [6.45, 7) is 3.26. The van der Waals surface area contributed by atoms with Crippen molar-refractivity contribution in [2.24, 2.45) is 0 Å². The minimum Gasteiger partial charge on any atom is -0.348 e. The second kappa shape index (κ2) is 5.12. The van der Waals surface area contributed by atoms with Crippen LogP contribution in [-0.4, -0.2) is 30.3 Å². The number of carbonyl (C=O) groups excluding carboxylic acids is 1. The zero-order chi connectivity index (χ0) is 13.9. The van der Waals surface area contributed by atoms with Gasteiger partial charge >= 0.3 is 0 Å². The number of hydrogen-bond donors (Lipinski definition) is 1. The fraction of sp³-hybridized carbons (Fsp3) is 0.231. The standard InChI is InChI=1S/C13H14N6O/c1-2-18-9-10(7-16-18)6-15-13(20)11-8-17-19-5-3-4-14-12(11)19/h3-5,7-9H,2,6H2,1H3,(H,15,20). The van der Waals surface area contributed by atoms with Crippen LogP contribution in [-0.2, 0) is 13.1 Å². The van der Waals surface area contributed by atoms with Crippen molar-refractivity contribution in [3.63, 3.8) is 0 Å². The van der Waals surface area contributed by atoms with Crippen LogP contribution >= 0.6 is 0 Å². The Hall–Kier alpha value is -2.70. The van der Waals surface area contributed by atoms with Crippen LogP contribution in [0.5, 0.6) is 0 Å². The van der Waals surface area contributed by atoms with Gasteiger partial charge in [0.15, 0.2) is 5.65 Å². The summed E-state index contributed by atoms with van der Waals surface area (Å²) < 4.78 is 3.39. The Kier molecular flexibility index (Phi) is 3.16. The molecule has 0 bridgehead atoms. The van der Waals surface area contributed by atoms with Gasteiger partial charge in [-0.25, -0.2) is 9.50 Å². The molecule has 3 aromatic rings. The zero-order valence-electron chi connectivity index (χ0n) is 11.0. The summed E-state index contributed by atoms with van der Waals surface area (Å²) in [4.78, 5) is 16.3. The third-order valence-electron chi connectivity index (χ3n) is 2.99. The van der Waals surface area contributed by atoms with E-state index in [0.717, 1.165) is 12.1 Å². The summed E-state index contributed by atoms with van der Waals surface area (Å²) in [5, 5.41) is 11.1. The minimum absolute atomic E-state index is 0.192. The summed E-state index contributed by atoms with van der Waals surface area (Å²) in [5.41, 5.74) is 1.98. The molecule has 3 rings (SSSR count). The van der Waals surface area contributed by atoms with Crippen molar-refractivity contribution >= 4 is 11.6 Å². The van der Waals surface area contributed by atoms with E-state index < -0.39 is 0 Å². The maximum Gasteiger partial charge on any atom is 0.257 e. The number of amides is 1. The first kappa shape index (κ1) is 12.3. The number of aryl methyl sites for hydroxylation is 1. The van der Waals surface area contributed by atoms with Crippen LogP contribution in [0.25, 0.3) is 5.65 Å². The Morgan fingerprint density at radius 3 is 3.05 bits per heavy atom. The van der Waals surface area contributed by atoms with Crippen LogP contribution in [0.2, 0.25) is 0 Å². The van der Waals surface area contributed by atoms with Gasteiger partial charge in [0.2, 0.25) is 0 Å². The largest absolute Gasteiger partial charge is 0.348 e. The van der Waals surface area contributed by atoms with E-state index in [1.807, 2.05) is 17.8 Å². The van der Waals surface area contributed by atoms with Gasteiger partial charge < -0.3 is 5.32 Å². The van der Waals surface area contributed by atoms with Crippen molar-refractivity contribution < 1.29 is 4.79 Å². The average molecular weight is 270 g/mol. The Bertz CT molecular complexity index is 744. The lowest BCUT2D eigenvalue weighted by atomic mass is 10.3. The number of fused-ring (bicyclic) bond motifs is 1. The normalized spacial score (nSPS) is 10.8. The van der Waals surface area contributed by atoms with Crippen molar-refractivity contribution in [1.82, 2.24) is 29.7 Å². The second-order valence-electron chi connectivity index (χ2n) is 4.33. The van der Waals surface area contributed by atoms with E-state index in [0.29, 0.717) is 17.8 Å². The van der Waals surface area contributed by atoms with E-state index in [1.165, 1.54) is 6.20 Å². The third kappa shape index (κ3) is 2.25. The third-order valence-corrected chi connectivity index (χ3v) is 2.99. The van der Waals surface area contributed by atoms with Gasteiger partial charge in [-0.05, 0) is 13.0 Å². The van der Waals surface area contributed by atoms with Crippen LogP contribution in [0.15, 0.2) is 37.1 Å². The number of nitrogens with one attached hydrogen (secondary N) is 1. The Balaban J connectivity index is 1.73. The Morgan fingerprint density at radius 2 is 2.25 bits per heavy atom. The van der Waals surface area contributed by atoms with Crippen molar-refractivity contribution in [2.45, 2.75) is 20.0 Å². The maximum atomic E-state index is 12.1. The molecule has 0 fully saturated rings. The highest BCUT2D eigenvalue weighted by molar-refractivity contribution is 5.99. The van der Waals surface area contributed by atoms with Gasteiger partial charge in [0.1, 0.15) is 5.56 Å². The summed E-state index contributed by atoms with van der Waals surface area (Å²) in [5.74, 6) is -0.192. The smallest absolute Gasteiger partial charge is 0.257 e. The van der Waals surface area contributed by atoms with Crippen molar-refractivity contribution in [2.75, 3.05) is 0 Å². The number of hydrogen-bond acceptors (Lipinski definition) is 4. The fourth-order valence-corrected chi connectivity index (χ4v) is 1.94. The van der Waals surface area contributed by atoms with Gasteiger partial charge in [0.25, 0.3) is 5.91 Å². The summed E-state index contributed by atoms with van der Waals surface area (Å²) in [6.07, 6.45) is 8.57. The first-order chi connectivity index (χ1) is 9.78. The monoisotopic (exact) mass is 270 g/mol. The molecule has 0 saturated carbocycles. The molecule has 0 aliphatic carbocycles. The molecule has 3 aromatic heterocycles. The van der Waals surface area contributed by atoms with Crippen molar-refractivity contribution in [3.8, 4) is 0 Å². The molecular weight excluding hydrogens is 256 g/mol. The van der Waals surface area contributed by atoms with Crippen LogP contribution in [0, 0.1) is 0 Å². The lowest BCUT2D eigenvalue weighted by Gasteiger charge is -2.01.